The molecule has 5 aliphatic carbocycles. The molecule has 9 atom stereocenters. The lowest BCUT2D eigenvalue weighted by Gasteiger charge is -2.35. The third kappa shape index (κ3) is 35.1. The van der Waals surface area contributed by atoms with Crippen LogP contribution in [0.15, 0.2) is 12.3 Å². The summed E-state index contributed by atoms with van der Waals surface area (Å²) >= 11 is 0. The molecule has 1 heterocycles. The van der Waals surface area contributed by atoms with Gasteiger partial charge in [0, 0.05) is 108 Å². The average molecular weight is 1390 g/mol. The maximum Gasteiger partial charge on any atom is 0.407 e. The fraction of sp³-hybridized carbons (Fsp3) is 0.765. The van der Waals surface area contributed by atoms with E-state index in [0.717, 1.165) is 69.9 Å². The molecule has 3 fully saturated rings. The highest BCUT2D eigenvalue weighted by Gasteiger charge is 2.50. The van der Waals surface area contributed by atoms with Crippen LogP contribution in [-0.4, -0.2) is 189 Å². The lowest BCUT2D eigenvalue weighted by atomic mass is 9.94. The number of alkyl carbamates (subject to hydrolysis) is 2. The number of allylic oxidation sites excluding steroid dienone is 1. The van der Waals surface area contributed by atoms with Crippen LogP contribution in [0.25, 0.3) is 0 Å². The van der Waals surface area contributed by atoms with Crippen molar-refractivity contribution in [1.82, 2.24) is 31.0 Å². The normalized spacial score (nSPS) is 21.9. The van der Waals surface area contributed by atoms with Crippen molar-refractivity contribution < 1.29 is 84.5 Å². The Morgan fingerprint density at radius 2 is 1.05 bits per heavy atom. The summed E-state index contributed by atoms with van der Waals surface area (Å²) in [6.07, 6.45) is 12.8. The van der Waals surface area contributed by atoms with Crippen LogP contribution in [0, 0.1) is 93.7 Å². The van der Waals surface area contributed by atoms with Crippen LogP contribution < -0.4 is 21.3 Å². The van der Waals surface area contributed by atoms with E-state index in [1.807, 2.05) is 12.7 Å². The second-order valence-electron chi connectivity index (χ2n) is 24.1. The summed E-state index contributed by atoms with van der Waals surface area (Å²) in [6.45, 7) is 21.1. The van der Waals surface area contributed by atoms with E-state index in [9.17, 15) is 33.2 Å². The van der Waals surface area contributed by atoms with E-state index in [1.165, 1.54) is 0 Å². The van der Waals surface area contributed by atoms with Crippen LogP contribution in [0.3, 0.4) is 0 Å². The lowest BCUT2D eigenvalue weighted by molar-refractivity contribution is -0.197. The molecule has 6 rings (SSSR count). The number of alkyl halides is 1. The topological polar surface area (TPSA) is 306 Å². The average Bonchev–Trinajstić information content (AvgIpc) is 1.64. The van der Waals surface area contributed by atoms with E-state index in [4.69, 9.17) is 61.9 Å². The molecule has 5 amide bonds. The Bertz CT molecular complexity index is 2590. The van der Waals surface area contributed by atoms with E-state index in [0.29, 0.717) is 185 Å². The van der Waals surface area contributed by atoms with Crippen LogP contribution in [0.5, 0.6) is 0 Å². The van der Waals surface area contributed by atoms with Gasteiger partial charge in [-0.15, -0.1) is 28.7 Å². The second-order valence-corrected chi connectivity index (χ2v) is 26.9. The molecule has 1 aliphatic heterocycles. The first-order valence-corrected chi connectivity index (χ1v) is 36.8. The minimum Gasteiger partial charge on any atom is -0.449 e. The van der Waals surface area contributed by atoms with Gasteiger partial charge in [-0.3, -0.25) is 14.4 Å². The van der Waals surface area contributed by atoms with Gasteiger partial charge in [-0.2, -0.15) is 10.5 Å². The van der Waals surface area contributed by atoms with Gasteiger partial charge >= 0.3 is 18.2 Å². The molecule has 0 bridgehead atoms. The summed E-state index contributed by atoms with van der Waals surface area (Å²) in [5.74, 6) is 19.4. The molecule has 536 valence electrons. The van der Waals surface area contributed by atoms with Gasteiger partial charge in [-0.25, -0.2) is 23.4 Å². The van der Waals surface area contributed by atoms with Gasteiger partial charge in [-0.05, 0) is 115 Å². The highest BCUT2D eigenvalue weighted by molar-refractivity contribution is 7.46. The Balaban J connectivity index is 0.000000311. The summed E-state index contributed by atoms with van der Waals surface area (Å²) in [5.41, 5.74) is -1.35. The monoisotopic (exact) mass is 1390 g/mol. The third-order valence-electron chi connectivity index (χ3n) is 16.2. The fourth-order valence-electron chi connectivity index (χ4n) is 11.2. The quantitative estimate of drug-likeness (QED) is 0.0191. The summed E-state index contributed by atoms with van der Waals surface area (Å²) in [7, 11) is -2.27. The minimum absolute atomic E-state index is 0.0762. The number of hydroxylamine groups is 2. The van der Waals surface area contributed by atoms with Crippen LogP contribution in [0.1, 0.15) is 156 Å². The van der Waals surface area contributed by atoms with Gasteiger partial charge in [0.2, 0.25) is 5.67 Å². The highest BCUT2D eigenvalue weighted by Crippen LogP contribution is 2.53. The van der Waals surface area contributed by atoms with Crippen molar-refractivity contribution in [2.75, 3.05) is 125 Å². The fourth-order valence-corrected chi connectivity index (χ4v) is 13.5. The molecule has 0 aromatic rings. The maximum atomic E-state index is 14.8. The van der Waals surface area contributed by atoms with Crippen molar-refractivity contribution in [3.8, 4) is 47.7 Å². The van der Waals surface area contributed by atoms with Gasteiger partial charge in [0.15, 0.2) is 8.38 Å². The number of imide groups is 1. The summed E-state index contributed by atoms with van der Waals surface area (Å²) < 4.78 is 72.0. The number of fused-ring (bicyclic) bond motifs is 2. The van der Waals surface area contributed by atoms with E-state index >= 15 is 0 Å². The molecular formula is C68H105FN8O17P2. The second kappa shape index (κ2) is 49.7. The number of rotatable bonds is 43. The van der Waals surface area contributed by atoms with Crippen molar-refractivity contribution >= 4 is 52.8 Å². The van der Waals surface area contributed by atoms with Gasteiger partial charge in [0.1, 0.15) is 0 Å². The van der Waals surface area contributed by atoms with Gasteiger partial charge < -0.3 is 72.6 Å². The number of halogens is 1. The molecule has 0 spiro atoms. The number of hydrogen-bond acceptors (Lipinski definition) is 21. The Kier molecular flexibility index (Phi) is 42.8. The van der Waals surface area contributed by atoms with E-state index in [1.54, 1.807) is 0 Å². The molecular weight excluding hydrogens is 1280 g/mol. The van der Waals surface area contributed by atoms with Crippen molar-refractivity contribution in [3.05, 3.63) is 12.3 Å². The van der Waals surface area contributed by atoms with E-state index < -0.39 is 52.4 Å². The molecule has 4 N–H and O–H groups in total. The Morgan fingerprint density at radius 3 is 1.55 bits per heavy atom. The Hall–Kier alpha value is -5.75. The number of nitriles is 2. The highest BCUT2D eigenvalue weighted by atomic mass is 31.2. The van der Waals surface area contributed by atoms with Gasteiger partial charge in [0.25, 0.3) is 26.2 Å². The van der Waals surface area contributed by atoms with Crippen LogP contribution in [0.2, 0.25) is 0 Å². The van der Waals surface area contributed by atoms with Crippen molar-refractivity contribution in [2.24, 2.45) is 35.5 Å². The third-order valence-corrected chi connectivity index (χ3v) is 19.4. The van der Waals surface area contributed by atoms with E-state index in [2.05, 4.69) is 102 Å². The predicted molar refractivity (Wildman–Crippen MR) is 357 cm³/mol. The summed E-state index contributed by atoms with van der Waals surface area (Å²) in [5, 5.41) is 28.8. The molecule has 2 saturated carbocycles. The zero-order valence-corrected chi connectivity index (χ0v) is 59.0. The van der Waals surface area contributed by atoms with Crippen molar-refractivity contribution in [3.63, 3.8) is 0 Å². The molecule has 96 heavy (non-hydrogen) atoms. The zero-order chi connectivity index (χ0) is 69.6. The van der Waals surface area contributed by atoms with Crippen LogP contribution >= 0.6 is 16.9 Å². The SMILES string of the molecule is C=C(CCCC(=O)ON1C(=O)CCC1=O)NCCOCCOCCNC(=O)OCC1[C@H]2CCC#CCC[C@@H]12.CC(C)N(C(C)C)P(OCCC#N)OCCOCCNC(=O)C1(F)C#CCCCCC1.CP(OCCC#N)OCCOCCNC(=O)OCC1[C@H]2CCC#CCC[C@@H]12. The number of carbonyl (C=O) groups excluding carboxylic acids is 6. The van der Waals surface area contributed by atoms with Gasteiger partial charge in [0.05, 0.1) is 117 Å². The Labute approximate surface area is 571 Å². The summed E-state index contributed by atoms with van der Waals surface area (Å²) in [4.78, 5) is 75.3. The molecule has 6 aliphatic rings. The standard InChI is InChI=1S/C27H39N3O8.C22H37FN3O4P.C19H29N2O5P/c1-20(7-6-10-26(33)38-30-24(31)11-12-25(30)32)28-13-15-35-17-18-36-16-14-29-27(34)37-19-23-21-8-4-2-3-5-9-22(21)23;1-19(2)26(20(3)4)31(29-15-10-13-24)30-18-17-28-16-14-25-21(27)22(23)11-8-6-5-7-9-12-22;1-27(25-11-6-9-20)26-14-13-23-12-10-21-19(22)24-15-18-16-7-4-2-3-5-8-17(16)18/h21-23,28H,1,4-19H2,(H,29,34);19-20H,5-8,10-11,14-18H2,1-4H3,(H,25,27);16-18H,4-8,10-15H2,1H3,(H,21,22)/t21-,22+,23?;;16-,17+,18?,27?. The number of ether oxygens (including phenoxy) is 6. The maximum absolute atomic E-state index is 14.8. The lowest BCUT2D eigenvalue weighted by Crippen LogP contribution is -2.44. The van der Waals surface area contributed by atoms with Gasteiger partial charge in [-0.1, -0.05) is 24.8 Å². The molecule has 5 unspecified atom stereocenters. The summed E-state index contributed by atoms with van der Waals surface area (Å²) in [6, 6.07) is 4.54. The Morgan fingerprint density at radius 1 is 0.604 bits per heavy atom. The first-order valence-electron chi connectivity index (χ1n) is 34.1. The van der Waals surface area contributed by atoms with Crippen molar-refractivity contribution in [2.45, 2.75) is 174 Å². The van der Waals surface area contributed by atoms with E-state index in [-0.39, 0.29) is 57.0 Å². The first-order chi connectivity index (χ1) is 46.5. The molecule has 1 saturated heterocycles. The molecule has 0 radical (unpaired) electrons. The first kappa shape index (κ1) is 82.7. The molecule has 0 aromatic heterocycles. The number of hydrogen-bond donors (Lipinski definition) is 4. The number of nitrogens with one attached hydrogen (secondary N) is 4. The molecule has 25 nitrogen and oxygen atoms in total. The number of nitrogens with zero attached hydrogens (tertiary/aromatic N) is 4. The smallest absolute Gasteiger partial charge is 0.407 e. The predicted octanol–water partition coefficient (Wildman–Crippen LogP) is 9.21. The molecule has 28 heteroatoms. The number of carbonyl (C=O) groups is 6. The van der Waals surface area contributed by atoms with Crippen LogP contribution in [-0.2, 0) is 70.5 Å². The minimum atomic E-state index is -2.10. The molecule has 0 aromatic carbocycles. The van der Waals surface area contributed by atoms with Crippen LogP contribution in [0.4, 0.5) is 14.0 Å². The van der Waals surface area contributed by atoms with Crippen molar-refractivity contribution in [1.29, 1.82) is 10.5 Å². The largest absolute Gasteiger partial charge is 0.449 e. The zero-order valence-electron chi connectivity index (χ0n) is 57.2. The number of amides is 5.